The van der Waals surface area contributed by atoms with Gasteiger partial charge in [-0.2, -0.15) is 0 Å². The molecule has 0 amide bonds. The Hall–Kier alpha value is -1.57. The summed E-state index contributed by atoms with van der Waals surface area (Å²) in [6.07, 6.45) is 0.847. The number of hydrogen-bond acceptors (Lipinski definition) is 2. The second-order valence-corrected chi connectivity index (χ2v) is 3.13. The van der Waals surface area contributed by atoms with Gasteiger partial charge in [-0.3, -0.25) is 0 Å². The Labute approximate surface area is 84.2 Å². The van der Waals surface area contributed by atoms with Gasteiger partial charge >= 0.3 is 5.97 Å². The highest BCUT2D eigenvalue weighted by molar-refractivity contribution is 5.88. The predicted octanol–water partition coefficient (Wildman–Crippen LogP) is 2.73. The lowest BCUT2D eigenvalue weighted by molar-refractivity contribution is -0.130. The standard InChI is InChI=1S/C12H14O2/c1-4-10-7-5-6-8-11(10)14-12(13)9(2)3/h5-8H,2,4H2,1,3H3. The van der Waals surface area contributed by atoms with E-state index >= 15 is 0 Å². The summed E-state index contributed by atoms with van der Waals surface area (Å²) in [4.78, 5) is 11.3. The maximum absolute atomic E-state index is 11.3. The molecule has 0 heterocycles. The molecule has 0 spiro atoms. The lowest BCUT2D eigenvalue weighted by Gasteiger charge is -2.07. The second-order valence-electron chi connectivity index (χ2n) is 3.13. The first-order chi connectivity index (χ1) is 6.65. The number of benzene rings is 1. The summed E-state index contributed by atoms with van der Waals surface area (Å²) in [6, 6.07) is 7.51. The number of ether oxygens (including phenoxy) is 1. The number of carbonyl (C=O) groups excluding carboxylic acids is 1. The minimum Gasteiger partial charge on any atom is -0.423 e. The summed E-state index contributed by atoms with van der Waals surface area (Å²) in [7, 11) is 0. The van der Waals surface area contributed by atoms with Crippen LogP contribution in [0.1, 0.15) is 19.4 Å². The molecule has 0 aliphatic carbocycles. The van der Waals surface area contributed by atoms with Crippen LogP contribution < -0.4 is 4.74 Å². The van der Waals surface area contributed by atoms with E-state index in [0.29, 0.717) is 11.3 Å². The summed E-state index contributed by atoms with van der Waals surface area (Å²) in [6.45, 7) is 7.19. The summed E-state index contributed by atoms with van der Waals surface area (Å²) >= 11 is 0. The predicted molar refractivity (Wildman–Crippen MR) is 56.3 cm³/mol. The summed E-state index contributed by atoms with van der Waals surface area (Å²) in [5.74, 6) is 0.258. The van der Waals surface area contributed by atoms with Crippen LogP contribution in [0, 0.1) is 0 Å². The number of carbonyl (C=O) groups is 1. The van der Waals surface area contributed by atoms with Crippen LogP contribution in [0.2, 0.25) is 0 Å². The van der Waals surface area contributed by atoms with Crippen LogP contribution in [-0.2, 0) is 11.2 Å². The smallest absolute Gasteiger partial charge is 0.338 e. The molecule has 0 radical (unpaired) electrons. The number of rotatable bonds is 3. The Bertz CT molecular complexity index is 353. The SMILES string of the molecule is C=C(C)C(=O)Oc1ccccc1CC. The molecule has 1 aromatic rings. The van der Waals surface area contributed by atoms with E-state index in [2.05, 4.69) is 6.58 Å². The Morgan fingerprint density at radius 3 is 2.64 bits per heavy atom. The fourth-order valence-electron chi connectivity index (χ4n) is 1.08. The zero-order chi connectivity index (χ0) is 10.6. The maximum atomic E-state index is 11.3. The molecule has 0 fully saturated rings. The Morgan fingerprint density at radius 1 is 1.43 bits per heavy atom. The molecule has 0 unspecified atom stereocenters. The van der Waals surface area contributed by atoms with Gasteiger partial charge in [0, 0.05) is 5.57 Å². The summed E-state index contributed by atoms with van der Waals surface area (Å²) in [5.41, 5.74) is 1.44. The van der Waals surface area contributed by atoms with Gasteiger partial charge in [0.1, 0.15) is 5.75 Å². The molecule has 0 aliphatic rings. The van der Waals surface area contributed by atoms with Crippen molar-refractivity contribution >= 4 is 5.97 Å². The fraction of sp³-hybridized carbons (Fsp3) is 0.250. The number of hydrogen-bond donors (Lipinski definition) is 0. The van der Waals surface area contributed by atoms with Crippen molar-refractivity contribution in [3.8, 4) is 5.75 Å². The van der Waals surface area contributed by atoms with Gasteiger partial charge in [-0.15, -0.1) is 0 Å². The van der Waals surface area contributed by atoms with Crippen LogP contribution >= 0.6 is 0 Å². The lowest BCUT2D eigenvalue weighted by Crippen LogP contribution is -2.09. The van der Waals surface area contributed by atoms with Crippen molar-refractivity contribution in [2.24, 2.45) is 0 Å². The van der Waals surface area contributed by atoms with Gasteiger partial charge in [0.2, 0.25) is 0 Å². The molecule has 74 valence electrons. The lowest BCUT2D eigenvalue weighted by atomic mass is 10.1. The number of esters is 1. The molecule has 2 heteroatoms. The third-order valence-electron chi connectivity index (χ3n) is 1.90. The maximum Gasteiger partial charge on any atom is 0.338 e. The molecule has 14 heavy (non-hydrogen) atoms. The number of para-hydroxylation sites is 1. The van der Waals surface area contributed by atoms with Gasteiger partial charge in [0.15, 0.2) is 0 Å². The Morgan fingerprint density at radius 2 is 2.07 bits per heavy atom. The highest BCUT2D eigenvalue weighted by atomic mass is 16.5. The quantitative estimate of drug-likeness (QED) is 0.416. The largest absolute Gasteiger partial charge is 0.423 e. The molecule has 0 N–H and O–H groups in total. The molecular weight excluding hydrogens is 176 g/mol. The van der Waals surface area contributed by atoms with E-state index in [1.807, 2.05) is 25.1 Å². The zero-order valence-electron chi connectivity index (χ0n) is 8.54. The van der Waals surface area contributed by atoms with E-state index < -0.39 is 0 Å². The zero-order valence-corrected chi connectivity index (χ0v) is 8.54. The Kier molecular flexibility index (Phi) is 3.46. The summed E-state index contributed by atoms with van der Waals surface area (Å²) in [5, 5.41) is 0. The van der Waals surface area contributed by atoms with Crippen molar-refractivity contribution in [3.05, 3.63) is 42.0 Å². The van der Waals surface area contributed by atoms with Gasteiger partial charge in [-0.25, -0.2) is 4.79 Å². The second kappa shape index (κ2) is 4.61. The molecule has 1 aromatic carbocycles. The van der Waals surface area contributed by atoms with Gasteiger partial charge in [0.05, 0.1) is 0 Å². The highest BCUT2D eigenvalue weighted by Gasteiger charge is 2.07. The number of aryl methyl sites for hydroxylation is 1. The first-order valence-corrected chi connectivity index (χ1v) is 4.60. The van der Waals surface area contributed by atoms with E-state index in [1.165, 1.54) is 0 Å². The van der Waals surface area contributed by atoms with E-state index in [1.54, 1.807) is 13.0 Å². The van der Waals surface area contributed by atoms with Crippen molar-refractivity contribution in [1.29, 1.82) is 0 Å². The molecule has 0 aliphatic heterocycles. The van der Waals surface area contributed by atoms with Crippen LogP contribution in [0.25, 0.3) is 0 Å². The average Bonchev–Trinajstić information content (AvgIpc) is 2.18. The van der Waals surface area contributed by atoms with Crippen molar-refractivity contribution in [3.63, 3.8) is 0 Å². The molecule has 0 aromatic heterocycles. The molecule has 2 nitrogen and oxygen atoms in total. The first-order valence-electron chi connectivity index (χ1n) is 4.60. The van der Waals surface area contributed by atoms with Crippen molar-refractivity contribution in [1.82, 2.24) is 0 Å². The highest BCUT2D eigenvalue weighted by Crippen LogP contribution is 2.19. The van der Waals surface area contributed by atoms with Crippen LogP contribution in [0.4, 0.5) is 0 Å². The molecular formula is C12H14O2. The van der Waals surface area contributed by atoms with Gasteiger partial charge < -0.3 is 4.74 Å². The Balaban J connectivity index is 2.85. The van der Waals surface area contributed by atoms with Crippen LogP contribution in [0.15, 0.2) is 36.4 Å². The van der Waals surface area contributed by atoms with Crippen molar-refractivity contribution < 1.29 is 9.53 Å². The monoisotopic (exact) mass is 190 g/mol. The van der Waals surface area contributed by atoms with Gasteiger partial charge in [0.25, 0.3) is 0 Å². The molecule has 0 saturated heterocycles. The van der Waals surface area contributed by atoms with Crippen LogP contribution in [0.3, 0.4) is 0 Å². The summed E-state index contributed by atoms with van der Waals surface area (Å²) < 4.78 is 5.16. The van der Waals surface area contributed by atoms with E-state index in [4.69, 9.17) is 4.74 Å². The third kappa shape index (κ3) is 2.46. The van der Waals surface area contributed by atoms with Crippen molar-refractivity contribution in [2.75, 3.05) is 0 Å². The van der Waals surface area contributed by atoms with Gasteiger partial charge in [-0.05, 0) is 25.0 Å². The molecule has 1 rings (SSSR count). The molecule has 0 atom stereocenters. The third-order valence-corrected chi connectivity index (χ3v) is 1.90. The minimum atomic E-state index is -0.370. The topological polar surface area (TPSA) is 26.3 Å². The first kappa shape index (κ1) is 10.5. The molecule has 0 bridgehead atoms. The van der Waals surface area contributed by atoms with Crippen LogP contribution in [0.5, 0.6) is 5.75 Å². The van der Waals surface area contributed by atoms with Crippen molar-refractivity contribution in [2.45, 2.75) is 20.3 Å². The van der Waals surface area contributed by atoms with E-state index in [0.717, 1.165) is 12.0 Å². The van der Waals surface area contributed by atoms with Gasteiger partial charge in [-0.1, -0.05) is 31.7 Å². The normalized spacial score (nSPS) is 9.57. The van der Waals surface area contributed by atoms with E-state index in [9.17, 15) is 4.79 Å². The fourth-order valence-corrected chi connectivity index (χ4v) is 1.08. The molecule has 0 saturated carbocycles. The van der Waals surface area contributed by atoms with E-state index in [-0.39, 0.29) is 5.97 Å². The minimum absolute atomic E-state index is 0.370. The van der Waals surface area contributed by atoms with Crippen LogP contribution in [-0.4, -0.2) is 5.97 Å². The average molecular weight is 190 g/mol.